The summed E-state index contributed by atoms with van der Waals surface area (Å²) < 4.78 is 21.0. The van der Waals surface area contributed by atoms with Gasteiger partial charge in [-0.25, -0.2) is 9.79 Å². The minimum Gasteiger partial charge on any atom is -0.492 e. The first-order valence-electron chi connectivity index (χ1n) is 12.2. The fraction of sp³-hybridized carbons (Fsp3) is 0.321. The highest BCUT2D eigenvalue weighted by molar-refractivity contribution is 14.1. The summed E-state index contributed by atoms with van der Waals surface area (Å²) in [5.74, 6) is 0.865. The maximum Gasteiger partial charge on any atom is 0.338 e. The molecule has 2 aromatic carbocycles. The Morgan fingerprint density at radius 2 is 1.97 bits per heavy atom. The van der Waals surface area contributed by atoms with Crippen molar-refractivity contribution in [2.24, 2.45) is 4.99 Å². The predicted octanol–water partition coefficient (Wildman–Crippen LogP) is 5.35. The van der Waals surface area contributed by atoms with Crippen molar-refractivity contribution in [3.05, 3.63) is 86.5 Å². The van der Waals surface area contributed by atoms with E-state index in [1.165, 1.54) is 11.3 Å². The van der Waals surface area contributed by atoms with Gasteiger partial charge in [0, 0.05) is 5.56 Å². The van der Waals surface area contributed by atoms with Gasteiger partial charge in [0.1, 0.15) is 17.5 Å². The number of carbonyl (C=O) groups is 1. The van der Waals surface area contributed by atoms with Crippen LogP contribution in [0.5, 0.6) is 11.5 Å². The summed E-state index contributed by atoms with van der Waals surface area (Å²) in [5, 5.41) is 0. The van der Waals surface area contributed by atoms with E-state index in [1.54, 1.807) is 18.4 Å². The van der Waals surface area contributed by atoms with Crippen LogP contribution >= 0.6 is 49.9 Å². The van der Waals surface area contributed by atoms with Crippen molar-refractivity contribution in [1.29, 1.82) is 0 Å². The van der Waals surface area contributed by atoms with E-state index in [1.807, 2.05) is 63.2 Å². The number of halogens is 2. The first-order chi connectivity index (χ1) is 18.2. The lowest BCUT2D eigenvalue weighted by molar-refractivity contribution is -0.139. The van der Waals surface area contributed by atoms with Crippen molar-refractivity contribution in [3.63, 3.8) is 0 Å². The van der Waals surface area contributed by atoms with Gasteiger partial charge in [0.25, 0.3) is 5.56 Å². The molecule has 0 aliphatic carbocycles. The summed E-state index contributed by atoms with van der Waals surface area (Å²) in [5.41, 5.74) is 2.14. The average molecular weight is 711 g/mol. The zero-order valence-corrected chi connectivity index (χ0v) is 26.3. The molecule has 0 N–H and O–H groups in total. The fourth-order valence-electron chi connectivity index (χ4n) is 4.25. The Hall–Kier alpha value is -2.44. The quantitative estimate of drug-likeness (QED) is 0.233. The molecule has 0 spiro atoms. The molecule has 1 aliphatic heterocycles. The number of esters is 1. The molecule has 0 bridgehead atoms. The molecule has 0 fully saturated rings. The van der Waals surface area contributed by atoms with E-state index in [2.05, 4.69) is 43.5 Å². The Kier molecular flexibility index (Phi) is 9.15. The average Bonchev–Trinajstić information content (AvgIpc) is 3.15. The van der Waals surface area contributed by atoms with Crippen LogP contribution in [0.3, 0.4) is 0 Å². The number of benzene rings is 2. The second-order valence-electron chi connectivity index (χ2n) is 8.75. The highest BCUT2D eigenvalue weighted by Gasteiger charge is 2.35. The van der Waals surface area contributed by atoms with Crippen molar-refractivity contribution in [1.82, 2.24) is 4.57 Å². The number of thiazole rings is 1. The zero-order chi connectivity index (χ0) is 27.6. The van der Waals surface area contributed by atoms with Gasteiger partial charge in [-0.2, -0.15) is 0 Å². The Morgan fingerprint density at radius 1 is 1.24 bits per heavy atom. The number of para-hydroxylation sites is 1. The molecule has 200 valence electrons. The van der Waals surface area contributed by atoms with E-state index >= 15 is 0 Å². The molecule has 4 rings (SSSR count). The van der Waals surface area contributed by atoms with Gasteiger partial charge in [0.05, 0.1) is 43.2 Å². The van der Waals surface area contributed by atoms with Gasteiger partial charge in [-0.3, -0.25) is 9.36 Å². The minimum atomic E-state index is -0.741. The maximum absolute atomic E-state index is 13.9. The van der Waals surface area contributed by atoms with Gasteiger partial charge in [-0.1, -0.05) is 29.5 Å². The third-order valence-corrected chi connectivity index (χ3v) is 8.07. The summed E-state index contributed by atoms with van der Waals surface area (Å²) in [4.78, 5) is 32.3. The van der Waals surface area contributed by atoms with E-state index in [0.717, 1.165) is 19.4 Å². The highest BCUT2D eigenvalue weighted by atomic mass is 127. The third kappa shape index (κ3) is 5.76. The van der Waals surface area contributed by atoms with Crippen LogP contribution in [0.15, 0.2) is 61.9 Å². The molecule has 38 heavy (non-hydrogen) atoms. The van der Waals surface area contributed by atoms with Gasteiger partial charge in [0.2, 0.25) is 0 Å². The van der Waals surface area contributed by atoms with E-state index in [0.29, 0.717) is 38.5 Å². The summed E-state index contributed by atoms with van der Waals surface area (Å²) in [7, 11) is 0. The largest absolute Gasteiger partial charge is 0.492 e. The monoisotopic (exact) mass is 710 g/mol. The molecule has 0 amide bonds. The number of hydrogen-bond donors (Lipinski definition) is 0. The van der Waals surface area contributed by atoms with E-state index in [9.17, 15) is 9.59 Å². The van der Waals surface area contributed by atoms with Crippen LogP contribution in [0.25, 0.3) is 6.08 Å². The summed E-state index contributed by atoms with van der Waals surface area (Å²) >= 11 is 7.09. The van der Waals surface area contributed by atoms with Gasteiger partial charge in [-0.15, -0.1) is 0 Å². The molecule has 10 heteroatoms. The Labute approximate surface area is 247 Å². The van der Waals surface area contributed by atoms with Gasteiger partial charge in [0.15, 0.2) is 4.80 Å². The molecule has 1 aromatic heterocycles. The van der Waals surface area contributed by atoms with Crippen molar-refractivity contribution >= 4 is 61.9 Å². The number of aromatic nitrogens is 1. The van der Waals surface area contributed by atoms with Crippen LogP contribution in [0, 0.1) is 3.57 Å². The van der Waals surface area contributed by atoms with Crippen LogP contribution in [0.1, 0.15) is 51.8 Å². The van der Waals surface area contributed by atoms with Crippen molar-refractivity contribution in [2.75, 3.05) is 13.2 Å². The SMILES string of the molecule is CCOC(=O)C1=C(C)N=c2s/c(=C/c3cc(Br)c(OCC)c(I)c3)c(=O)n2[C@H]1c1ccccc1OC(C)C. The standard InChI is InChI=1S/C28H28BrIN2O5S/c1-6-35-25-19(29)12-17(13-20(25)30)14-22-26(33)32-24(18-10-8-9-11-21(18)37-15(3)4)23(27(34)36-7-2)16(5)31-28(32)38-22/h8-15,24H,6-7H2,1-5H3/b22-14+/t24-/m0/s1. The summed E-state index contributed by atoms with van der Waals surface area (Å²) in [6, 6.07) is 10.6. The van der Waals surface area contributed by atoms with E-state index in [4.69, 9.17) is 14.2 Å². The van der Waals surface area contributed by atoms with Gasteiger partial charge in [-0.05, 0) is 103 Å². The molecule has 7 nitrogen and oxygen atoms in total. The number of rotatable bonds is 8. The Bertz CT molecular complexity index is 1570. The summed E-state index contributed by atoms with van der Waals surface area (Å²) in [6.45, 7) is 10.1. The lowest BCUT2D eigenvalue weighted by atomic mass is 9.95. The molecule has 0 unspecified atom stereocenters. The molecule has 1 aliphatic rings. The fourth-order valence-corrected chi connectivity index (χ4v) is 7.07. The number of nitrogens with zero attached hydrogens (tertiary/aromatic N) is 2. The van der Waals surface area contributed by atoms with Crippen LogP contribution in [0.2, 0.25) is 0 Å². The lowest BCUT2D eigenvalue weighted by Gasteiger charge is -2.26. The number of allylic oxidation sites excluding steroid dienone is 1. The number of fused-ring (bicyclic) bond motifs is 1. The van der Waals surface area contributed by atoms with Gasteiger partial charge < -0.3 is 14.2 Å². The maximum atomic E-state index is 13.9. The van der Waals surface area contributed by atoms with Crippen LogP contribution in [-0.2, 0) is 9.53 Å². The number of ether oxygens (including phenoxy) is 3. The molecule has 0 saturated heterocycles. The number of carbonyl (C=O) groups excluding carboxylic acids is 1. The van der Waals surface area contributed by atoms with E-state index < -0.39 is 12.0 Å². The third-order valence-electron chi connectivity index (χ3n) is 5.70. The smallest absolute Gasteiger partial charge is 0.338 e. The molecule has 1 atom stereocenters. The normalized spacial score (nSPS) is 15.4. The Morgan fingerprint density at radius 3 is 2.63 bits per heavy atom. The topological polar surface area (TPSA) is 79.1 Å². The van der Waals surface area contributed by atoms with Gasteiger partial charge >= 0.3 is 5.97 Å². The first-order valence-corrected chi connectivity index (χ1v) is 14.9. The van der Waals surface area contributed by atoms with Crippen LogP contribution in [0.4, 0.5) is 0 Å². The molecule has 0 radical (unpaired) electrons. The summed E-state index contributed by atoms with van der Waals surface area (Å²) in [6.07, 6.45) is 1.74. The van der Waals surface area contributed by atoms with E-state index in [-0.39, 0.29) is 18.3 Å². The predicted molar refractivity (Wildman–Crippen MR) is 161 cm³/mol. The van der Waals surface area contributed by atoms with Crippen LogP contribution in [-0.4, -0.2) is 29.9 Å². The second kappa shape index (κ2) is 12.2. The molecule has 3 aromatic rings. The molecular formula is C28H28BrIN2O5S. The first kappa shape index (κ1) is 28.6. The Balaban J connectivity index is 1.95. The lowest BCUT2D eigenvalue weighted by Crippen LogP contribution is -2.40. The zero-order valence-electron chi connectivity index (χ0n) is 21.7. The molecular weight excluding hydrogens is 683 g/mol. The van der Waals surface area contributed by atoms with Crippen LogP contribution < -0.4 is 24.4 Å². The second-order valence-corrected chi connectivity index (χ2v) is 11.8. The highest BCUT2D eigenvalue weighted by Crippen LogP contribution is 2.36. The van der Waals surface area contributed by atoms with Crippen molar-refractivity contribution in [2.45, 2.75) is 46.8 Å². The van der Waals surface area contributed by atoms with Crippen molar-refractivity contribution < 1.29 is 19.0 Å². The number of hydrogen-bond acceptors (Lipinski definition) is 7. The molecule has 0 saturated carbocycles. The molecule has 2 heterocycles. The minimum absolute atomic E-state index is 0.0938. The van der Waals surface area contributed by atoms with Crippen molar-refractivity contribution in [3.8, 4) is 11.5 Å².